The molecule has 0 aliphatic carbocycles. The van der Waals surface area contributed by atoms with Crippen LogP contribution in [0.3, 0.4) is 0 Å². The summed E-state index contributed by atoms with van der Waals surface area (Å²) in [6.45, 7) is 2.58. The van der Waals surface area contributed by atoms with Crippen LogP contribution >= 0.6 is 0 Å². The Kier molecular flexibility index (Phi) is 4.75. The molecular weight excluding hydrogens is 290 g/mol. The summed E-state index contributed by atoms with van der Waals surface area (Å²) >= 11 is 0. The third-order valence-corrected chi connectivity index (χ3v) is 5.04. The Morgan fingerprint density at radius 1 is 1.09 bits per heavy atom. The van der Waals surface area contributed by atoms with Crippen LogP contribution in [0.4, 0.5) is 0 Å². The SMILES string of the molecule is CC[C@H]1[C@H](C(=O)OC)[C@@H](C(=O)OC)[C@@]2(C(=O)OC)CCCN12. The van der Waals surface area contributed by atoms with Crippen LogP contribution < -0.4 is 0 Å². The van der Waals surface area contributed by atoms with Crippen LogP contribution in [-0.4, -0.2) is 62.3 Å². The fourth-order valence-corrected chi connectivity index (χ4v) is 4.27. The van der Waals surface area contributed by atoms with Crippen molar-refractivity contribution in [1.82, 2.24) is 4.90 Å². The van der Waals surface area contributed by atoms with E-state index in [0.717, 1.165) is 6.42 Å². The van der Waals surface area contributed by atoms with Gasteiger partial charge in [-0.3, -0.25) is 19.3 Å². The van der Waals surface area contributed by atoms with Gasteiger partial charge in [-0.25, -0.2) is 0 Å². The van der Waals surface area contributed by atoms with E-state index in [1.807, 2.05) is 11.8 Å². The summed E-state index contributed by atoms with van der Waals surface area (Å²) < 4.78 is 14.8. The Morgan fingerprint density at radius 2 is 1.73 bits per heavy atom. The number of esters is 3. The lowest BCUT2D eigenvalue weighted by molar-refractivity contribution is -0.166. The molecule has 7 nitrogen and oxygen atoms in total. The largest absolute Gasteiger partial charge is 0.469 e. The van der Waals surface area contributed by atoms with Gasteiger partial charge in [0.15, 0.2) is 0 Å². The molecular formula is C15H23NO6. The highest BCUT2D eigenvalue weighted by Crippen LogP contribution is 2.51. The predicted molar refractivity (Wildman–Crippen MR) is 75.8 cm³/mol. The summed E-state index contributed by atoms with van der Waals surface area (Å²) in [6, 6.07) is -0.238. The van der Waals surface area contributed by atoms with Gasteiger partial charge in [0.05, 0.1) is 27.2 Å². The highest BCUT2D eigenvalue weighted by molar-refractivity contribution is 5.94. The summed E-state index contributed by atoms with van der Waals surface area (Å²) in [7, 11) is 3.85. The van der Waals surface area contributed by atoms with Gasteiger partial charge < -0.3 is 14.2 Å². The van der Waals surface area contributed by atoms with Crippen molar-refractivity contribution in [3.05, 3.63) is 0 Å². The lowest BCUT2D eigenvalue weighted by Gasteiger charge is -2.34. The molecule has 2 fully saturated rings. The van der Waals surface area contributed by atoms with Crippen LogP contribution in [0.2, 0.25) is 0 Å². The molecule has 0 aromatic heterocycles. The zero-order chi connectivity index (χ0) is 16.5. The standard InChI is InChI=1S/C15H23NO6/c1-5-9-10(12(17)20-2)11(13(18)21-3)15(14(19)22-4)7-6-8-16(9)15/h9-11H,5-8H2,1-4H3/t9-,10-,11-,15+/m0/s1. The molecule has 0 radical (unpaired) electrons. The number of carbonyl (C=O) groups is 3. The third kappa shape index (κ3) is 2.10. The summed E-state index contributed by atoms with van der Waals surface area (Å²) in [6.07, 6.45) is 1.88. The molecule has 0 N–H and O–H groups in total. The zero-order valence-corrected chi connectivity index (χ0v) is 13.5. The van der Waals surface area contributed by atoms with Gasteiger partial charge in [-0.15, -0.1) is 0 Å². The minimum atomic E-state index is -1.12. The van der Waals surface area contributed by atoms with Gasteiger partial charge in [-0.2, -0.15) is 0 Å². The molecule has 0 unspecified atom stereocenters. The van der Waals surface area contributed by atoms with Crippen LogP contribution in [0.1, 0.15) is 26.2 Å². The van der Waals surface area contributed by atoms with Crippen molar-refractivity contribution in [3.63, 3.8) is 0 Å². The van der Waals surface area contributed by atoms with E-state index in [4.69, 9.17) is 14.2 Å². The Bertz CT molecular complexity index is 479. The molecule has 7 heteroatoms. The van der Waals surface area contributed by atoms with Crippen LogP contribution in [0.5, 0.6) is 0 Å². The van der Waals surface area contributed by atoms with Gasteiger partial charge in [-0.05, 0) is 25.8 Å². The first-order valence-electron chi connectivity index (χ1n) is 7.50. The molecule has 0 saturated carbocycles. The summed E-state index contributed by atoms with van der Waals surface area (Å²) in [4.78, 5) is 39.2. The zero-order valence-electron chi connectivity index (χ0n) is 13.5. The van der Waals surface area contributed by atoms with E-state index in [1.54, 1.807) is 0 Å². The highest BCUT2D eigenvalue weighted by atomic mass is 16.5. The Morgan fingerprint density at radius 3 is 2.23 bits per heavy atom. The Balaban J connectivity index is 2.59. The van der Waals surface area contributed by atoms with Gasteiger partial charge in [0.2, 0.25) is 0 Å². The maximum atomic E-state index is 12.5. The third-order valence-electron chi connectivity index (χ3n) is 5.04. The van der Waals surface area contributed by atoms with E-state index in [1.165, 1.54) is 21.3 Å². The molecule has 2 aliphatic heterocycles. The minimum Gasteiger partial charge on any atom is -0.469 e. The van der Waals surface area contributed by atoms with Crippen molar-refractivity contribution in [2.24, 2.45) is 11.8 Å². The lowest BCUT2D eigenvalue weighted by atomic mass is 9.76. The molecule has 2 rings (SSSR count). The number of hydrogen-bond acceptors (Lipinski definition) is 7. The monoisotopic (exact) mass is 313 g/mol. The Hall–Kier alpha value is -1.63. The van der Waals surface area contributed by atoms with Crippen molar-refractivity contribution in [2.75, 3.05) is 27.9 Å². The smallest absolute Gasteiger partial charge is 0.327 e. The van der Waals surface area contributed by atoms with Gasteiger partial charge in [-0.1, -0.05) is 6.92 Å². The average Bonchev–Trinajstić information content (AvgIpc) is 3.08. The van der Waals surface area contributed by atoms with Crippen LogP contribution in [0.25, 0.3) is 0 Å². The van der Waals surface area contributed by atoms with Crippen molar-refractivity contribution < 1.29 is 28.6 Å². The van der Waals surface area contributed by atoms with Crippen LogP contribution in [0, 0.1) is 11.8 Å². The van der Waals surface area contributed by atoms with Gasteiger partial charge in [0.1, 0.15) is 11.5 Å². The first-order valence-corrected chi connectivity index (χ1v) is 7.50. The number of methoxy groups -OCH3 is 3. The van der Waals surface area contributed by atoms with E-state index in [2.05, 4.69) is 0 Å². The number of hydrogen-bond donors (Lipinski definition) is 0. The van der Waals surface area contributed by atoms with E-state index in [-0.39, 0.29) is 6.04 Å². The fraction of sp³-hybridized carbons (Fsp3) is 0.800. The first kappa shape index (κ1) is 16.7. The molecule has 0 aromatic rings. The van der Waals surface area contributed by atoms with E-state index in [0.29, 0.717) is 19.4 Å². The highest BCUT2D eigenvalue weighted by Gasteiger charge is 2.69. The second-order valence-electron chi connectivity index (χ2n) is 5.74. The molecule has 124 valence electrons. The van der Waals surface area contributed by atoms with Crippen molar-refractivity contribution in [1.29, 1.82) is 0 Å². The van der Waals surface area contributed by atoms with Gasteiger partial charge in [0, 0.05) is 6.04 Å². The second-order valence-corrected chi connectivity index (χ2v) is 5.74. The first-order chi connectivity index (χ1) is 10.5. The predicted octanol–water partition coefficient (Wildman–Crippen LogP) is 0.365. The van der Waals surface area contributed by atoms with E-state index < -0.39 is 35.3 Å². The quantitative estimate of drug-likeness (QED) is 0.547. The number of ether oxygens (including phenoxy) is 3. The van der Waals surface area contributed by atoms with E-state index >= 15 is 0 Å². The van der Waals surface area contributed by atoms with Crippen LogP contribution in [-0.2, 0) is 28.6 Å². The molecule has 2 aliphatic rings. The van der Waals surface area contributed by atoms with Gasteiger partial charge >= 0.3 is 17.9 Å². The van der Waals surface area contributed by atoms with Crippen LogP contribution in [0.15, 0.2) is 0 Å². The van der Waals surface area contributed by atoms with Gasteiger partial charge in [0.25, 0.3) is 0 Å². The topological polar surface area (TPSA) is 82.1 Å². The molecule has 0 bridgehead atoms. The molecule has 2 heterocycles. The molecule has 0 amide bonds. The number of carbonyl (C=O) groups excluding carboxylic acids is 3. The molecule has 4 atom stereocenters. The maximum absolute atomic E-state index is 12.5. The summed E-state index contributed by atoms with van der Waals surface area (Å²) in [5.74, 6) is -3.15. The number of rotatable bonds is 4. The lowest BCUT2D eigenvalue weighted by Crippen LogP contribution is -2.54. The molecule has 2 saturated heterocycles. The fourth-order valence-electron chi connectivity index (χ4n) is 4.27. The molecule has 0 aromatic carbocycles. The summed E-state index contributed by atoms with van der Waals surface area (Å²) in [5.41, 5.74) is -1.12. The Labute approximate surface area is 129 Å². The number of fused-ring (bicyclic) bond motifs is 1. The van der Waals surface area contributed by atoms with Crippen molar-refractivity contribution in [2.45, 2.75) is 37.8 Å². The average molecular weight is 313 g/mol. The molecule has 0 spiro atoms. The second kappa shape index (κ2) is 6.24. The minimum absolute atomic E-state index is 0.238. The van der Waals surface area contributed by atoms with Crippen molar-refractivity contribution in [3.8, 4) is 0 Å². The molecule has 22 heavy (non-hydrogen) atoms. The number of nitrogens with zero attached hydrogens (tertiary/aromatic N) is 1. The maximum Gasteiger partial charge on any atom is 0.327 e. The normalized spacial score (nSPS) is 34.1. The van der Waals surface area contributed by atoms with E-state index in [9.17, 15) is 14.4 Å². The van der Waals surface area contributed by atoms with Crippen molar-refractivity contribution >= 4 is 17.9 Å². The summed E-state index contributed by atoms with van der Waals surface area (Å²) in [5, 5.41) is 0.